The van der Waals surface area contributed by atoms with Gasteiger partial charge in [-0.15, -0.1) is 0 Å². The van der Waals surface area contributed by atoms with Gasteiger partial charge in [0.15, 0.2) is 0 Å². The van der Waals surface area contributed by atoms with E-state index in [2.05, 4.69) is 31.2 Å². The summed E-state index contributed by atoms with van der Waals surface area (Å²) in [5.41, 5.74) is 2.04. The van der Waals surface area contributed by atoms with Crippen LogP contribution in [0.2, 0.25) is 0 Å². The van der Waals surface area contributed by atoms with Crippen LogP contribution < -0.4 is 0 Å². The number of amides is 1. The van der Waals surface area contributed by atoms with Crippen molar-refractivity contribution < 1.29 is 14.3 Å². The van der Waals surface area contributed by atoms with Crippen molar-refractivity contribution in [3.8, 4) is 0 Å². The van der Waals surface area contributed by atoms with Crippen LogP contribution in [0.1, 0.15) is 57.6 Å². The van der Waals surface area contributed by atoms with Crippen molar-refractivity contribution >= 4 is 6.09 Å². The minimum absolute atomic E-state index is 0.160. The molecule has 132 valence electrons. The van der Waals surface area contributed by atoms with Gasteiger partial charge < -0.3 is 14.4 Å². The van der Waals surface area contributed by atoms with Gasteiger partial charge in [0.25, 0.3) is 0 Å². The summed E-state index contributed by atoms with van der Waals surface area (Å²) in [5, 5.41) is 0. The van der Waals surface area contributed by atoms with Gasteiger partial charge in [-0.1, -0.05) is 29.8 Å². The fourth-order valence-corrected chi connectivity index (χ4v) is 3.89. The summed E-state index contributed by atoms with van der Waals surface area (Å²) in [5.74, 6) is 0. The number of carbonyl (C=O) groups excluding carboxylic acids is 1. The molecule has 2 aliphatic heterocycles. The smallest absolute Gasteiger partial charge is 0.410 e. The lowest BCUT2D eigenvalue weighted by molar-refractivity contribution is -0.0396. The van der Waals surface area contributed by atoms with Crippen molar-refractivity contribution in [1.82, 2.24) is 4.90 Å². The third kappa shape index (κ3) is 4.10. The Morgan fingerprint density at radius 3 is 2.46 bits per heavy atom. The maximum Gasteiger partial charge on any atom is 0.410 e. The Hall–Kier alpha value is -1.55. The van der Waals surface area contributed by atoms with Crippen LogP contribution in [-0.4, -0.2) is 34.8 Å². The lowest BCUT2D eigenvalue weighted by Gasteiger charge is -2.39. The van der Waals surface area contributed by atoms with Gasteiger partial charge in [0.2, 0.25) is 0 Å². The SMILES string of the molecule is Cc1cccc(CO[C@H]2C[C@H]3CC[C@@H](C2)N3C(=O)OC(C)(C)C)c1. The summed E-state index contributed by atoms with van der Waals surface area (Å²) >= 11 is 0. The molecule has 24 heavy (non-hydrogen) atoms. The highest BCUT2D eigenvalue weighted by molar-refractivity contribution is 5.69. The molecule has 0 spiro atoms. The number of aryl methyl sites for hydroxylation is 1. The number of rotatable bonds is 3. The molecule has 2 bridgehead atoms. The van der Waals surface area contributed by atoms with Gasteiger partial charge in [0.1, 0.15) is 5.60 Å². The van der Waals surface area contributed by atoms with Crippen molar-refractivity contribution in [3.05, 3.63) is 35.4 Å². The van der Waals surface area contributed by atoms with E-state index in [1.54, 1.807) is 0 Å². The van der Waals surface area contributed by atoms with E-state index in [0.717, 1.165) is 25.7 Å². The third-order valence-corrected chi connectivity index (χ3v) is 4.86. The van der Waals surface area contributed by atoms with Crippen LogP contribution in [0.4, 0.5) is 4.79 Å². The van der Waals surface area contributed by atoms with E-state index >= 15 is 0 Å². The second-order valence-corrected chi connectivity index (χ2v) is 8.17. The maximum atomic E-state index is 12.5. The second-order valence-electron chi connectivity index (χ2n) is 8.17. The van der Waals surface area contributed by atoms with E-state index in [1.807, 2.05) is 25.7 Å². The molecule has 2 heterocycles. The van der Waals surface area contributed by atoms with Crippen molar-refractivity contribution in [2.24, 2.45) is 0 Å². The highest BCUT2D eigenvalue weighted by Crippen LogP contribution is 2.38. The van der Waals surface area contributed by atoms with Gasteiger partial charge in [-0.3, -0.25) is 0 Å². The van der Waals surface area contributed by atoms with E-state index in [0.29, 0.717) is 6.61 Å². The summed E-state index contributed by atoms with van der Waals surface area (Å²) in [4.78, 5) is 14.4. The summed E-state index contributed by atoms with van der Waals surface area (Å²) in [6.07, 6.45) is 4.04. The first-order valence-corrected chi connectivity index (χ1v) is 9.00. The normalized spacial score (nSPS) is 26.5. The van der Waals surface area contributed by atoms with Crippen molar-refractivity contribution in [1.29, 1.82) is 0 Å². The highest BCUT2D eigenvalue weighted by atomic mass is 16.6. The van der Waals surface area contributed by atoms with Crippen LogP contribution in [-0.2, 0) is 16.1 Å². The molecule has 0 aromatic heterocycles. The number of ether oxygens (including phenoxy) is 2. The van der Waals surface area contributed by atoms with E-state index in [9.17, 15) is 4.79 Å². The second kappa shape index (κ2) is 6.75. The Balaban J connectivity index is 1.56. The molecular formula is C20H29NO3. The van der Waals surface area contributed by atoms with Crippen LogP contribution in [0.3, 0.4) is 0 Å². The number of carbonyl (C=O) groups is 1. The number of benzene rings is 1. The molecule has 0 saturated carbocycles. The number of hydrogen-bond acceptors (Lipinski definition) is 3. The van der Waals surface area contributed by atoms with Gasteiger partial charge in [0.05, 0.1) is 12.7 Å². The van der Waals surface area contributed by atoms with Crippen LogP contribution in [0.5, 0.6) is 0 Å². The summed E-state index contributed by atoms with van der Waals surface area (Å²) in [6, 6.07) is 8.98. The molecule has 3 atom stereocenters. The van der Waals surface area contributed by atoms with Crippen LogP contribution in [0.25, 0.3) is 0 Å². The fourth-order valence-electron chi connectivity index (χ4n) is 3.89. The molecule has 0 aliphatic carbocycles. The first-order chi connectivity index (χ1) is 11.3. The molecular weight excluding hydrogens is 302 g/mol. The minimum Gasteiger partial charge on any atom is -0.444 e. The van der Waals surface area contributed by atoms with Crippen LogP contribution >= 0.6 is 0 Å². The Labute approximate surface area is 145 Å². The molecule has 0 radical (unpaired) electrons. The largest absolute Gasteiger partial charge is 0.444 e. The first-order valence-electron chi connectivity index (χ1n) is 9.00. The zero-order valence-electron chi connectivity index (χ0n) is 15.2. The van der Waals surface area contributed by atoms with Crippen LogP contribution in [0.15, 0.2) is 24.3 Å². The summed E-state index contributed by atoms with van der Waals surface area (Å²) in [6.45, 7) is 8.51. The Kier molecular flexibility index (Phi) is 4.86. The number of nitrogens with zero attached hydrogens (tertiary/aromatic N) is 1. The highest BCUT2D eigenvalue weighted by Gasteiger charge is 2.45. The minimum atomic E-state index is -0.435. The molecule has 3 rings (SSSR count). The lowest BCUT2D eigenvalue weighted by atomic mass is 10.00. The van der Waals surface area contributed by atoms with E-state index in [-0.39, 0.29) is 24.3 Å². The van der Waals surface area contributed by atoms with E-state index in [1.165, 1.54) is 11.1 Å². The van der Waals surface area contributed by atoms with Crippen molar-refractivity contribution in [2.45, 2.75) is 83.8 Å². The van der Waals surface area contributed by atoms with Gasteiger partial charge in [-0.2, -0.15) is 0 Å². The molecule has 2 fully saturated rings. The molecule has 2 aliphatic rings. The predicted molar refractivity (Wildman–Crippen MR) is 93.9 cm³/mol. The molecule has 1 aromatic carbocycles. The molecule has 0 N–H and O–H groups in total. The maximum absolute atomic E-state index is 12.5. The summed E-state index contributed by atoms with van der Waals surface area (Å²) < 4.78 is 11.7. The number of piperidine rings is 1. The Morgan fingerprint density at radius 1 is 1.21 bits per heavy atom. The predicted octanol–water partition coefficient (Wildman–Crippen LogP) is 4.44. The third-order valence-electron chi connectivity index (χ3n) is 4.86. The number of fused-ring (bicyclic) bond motifs is 2. The molecule has 2 saturated heterocycles. The zero-order valence-corrected chi connectivity index (χ0v) is 15.2. The fraction of sp³-hybridized carbons (Fsp3) is 0.650. The molecule has 1 aromatic rings. The topological polar surface area (TPSA) is 38.8 Å². The molecule has 0 unspecified atom stereocenters. The number of hydrogen-bond donors (Lipinski definition) is 0. The summed E-state index contributed by atoms with van der Waals surface area (Å²) in [7, 11) is 0. The average Bonchev–Trinajstić information content (AvgIpc) is 2.75. The quantitative estimate of drug-likeness (QED) is 0.822. The average molecular weight is 331 g/mol. The standard InChI is InChI=1S/C20H29NO3/c1-14-6-5-7-15(10-14)13-23-18-11-16-8-9-17(12-18)21(16)19(22)24-20(2,3)4/h5-7,10,16-18H,8-9,11-13H2,1-4H3/t16-,17+,18+. The van der Waals surface area contributed by atoms with Gasteiger partial charge in [-0.25, -0.2) is 4.79 Å². The first kappa shape index (κ1) is 17.3. The van der Waals surface area contributed by atoms with Gasteiger partial charge in [-0.05, 0) is 58.9 Å². The molecule has 1 amide bonds. The van der Waals surface area contributed by atoms with Crippen molar-refractivity contribution in [3.63, 3.8) is 0 Å². The zero-order chi connectivity index (χ0) is 17.3. The Bertz CT molecular complexity index is 579. The van der Waals surface area contributed by atoms with Crippen molar-refractivity contribution in [2.75, 3.05) is 0 Å². The van der Waals surface area contributed by atoms with E-state index in [4.69, 9.17) is 9.47 Å². The van der Waals surface area contributed by atoms with Gasteiger partial charge >= 0.3 is 6.09 Å². The van der Waals surface area contributed by atoms with Gasteiger partial charge in [0, 0.05) is 12.1 Å². The molecule has 4 nitrogen and oxygen atoms in total. The Morgan fingerprint density at radius 2 is 1.88 bits per heavy atom. The van der Waals surface area contributed by atoms with Crippen LogP contribution in [0, 0.1) is 6.92 Å². The van der Waals surface area contributed by atoms with E-state index < -0.39 is 5.60 Å². The molecule has 4 heteroatoms. The lowest BCUT2D eigenvalue weighted by Crippen LogP contribution is -2.50. The monoisotopic (exact) mass is 331 g/mol.